The number of piperazine rings is 1. The third-order valence-corrected chi connectivity index (χ3v) is 5.34. The van der Waals surface area contributed by atoms with Crippen LogP contribution in [0.5, 0.6) is 0 Å². The fourth-order valence-electron chi connectivity index (χ4n) is 3.50. The molecule has 0 radical (unpaired) electrons. The maximum Gasteiger partial charge on any atom is 0.241 e. The summed E-state index contributed by atoms with van der Waals surface area (Å²) >= 11 is 0. The highest BCUT2D eigenvalue weighted by Gasteiger charge is 2.26. The summed E-state index contributed by atoms with van der Waals surface area (Å²) in [5, 5.41) is 7.44. The number of carbonyl (C=O) groups excluding carboxylic acids is 1. The Morgan fingerprint density at radius 3 is 2.38 bits per heavy atom. The van der Waals surface area contributed by atoms with Crippen LogP contribution in [0.25, 0.3) is 0 Å². The average molecular weight is 355 g/mol. The van der Waals surface area contributed by atoms with Gasteiger partial charge in [0.1, 0.15) is 0 Å². The first-order chi connectivity index (χ1) is 12.5. The van der Waals surface area contributed by atoms with E-state index in [1.807, 2.05) is 33.9 Å². The summed E-state index contributed by atoms with van der Waals surface area (Å²) in [6, 6.07) is 10.4. The van der Waals surface area contributed by atoms with Crippen LogP contribution in [-0.2, 0) is 18.4 Å². The first-order valence-electron chi connectivity index (χ1n) is 9.27. The van der Waals surface area contributed by atoms with Gasteiger partial charge >= 0.3 is 0 Å². The number of benzene rings is 1. The molecule has 1 atom stereocenters. The summed E-state index contributed by atoms with van der Waals surface area (Å²) < 4.78 is 1.80. The fraction of sp³-hybridized carbons (Fsp3) is 0.500. The fourth-order valence-corrected chi connectivity index (χ4v) is 3.50. The second-order valence-corrected chi connectivity index (χ2v) is 7.13. The molecule has 0 aliphatic carbocycles. The molecule has 1 aliphatic heterocycles. The van der Waals surface area contributed by atoms with E-state index in [1.54, 1.807) is 4.68 Å². The van der Waals surface area contributed by atoms with Gasteiger partial charge in [-0.3, -0.25) is 19.3 Å². The third-order valence-electron chi connectivity index (χ3n) is 5.34. The number of hydrogen-bond donors (Lipinski definition) is 1. The highest BCUT2D eigenvalue weighted by molar-refractivity contribution is 5.95. The molecule has 1 aliphatic rings. The monoisotopic (exact) mass is 355 g/mol. The van der Waals surface area contributed by atoms with E-state index >= 15 is 0 Å². The first-order valence-corrected chi connectivity index (χ1v) is 9.27. The van der Waals surface area contributed by atoms with Gasteiger partial charge in [-0.05, 0) is 26.3 Å². The number of amides is 1. The lowest BCUT2D eigenvalue weighted by molar-refractivity contribution is -0.121. The lowest BCUT2D eigenvalue weighted by atomic mass is 10.1. The number of nitrogens with zero attached hydrogens (tertiary/aromatic N) is 4. The summed E-state index contributed by atoms with van der Waals surface area (Å²) in [6.45, 7) is 10.7. The van der Waals surface area contributed by atoms with Crippen LogP contribution in [0.3, 0.4) is 0 Å². The highest BCUT2D eigenvalue weighted by Crippen LogP contribution is 2.19. The molecule has 1 aromatic carbocycles. The molecule has 1 saturated heterocycles. The maximum atomic E-state index is 12.7. The third kappa shape index (κ3) is 4.14. The Hall–Kier alpha value is -2.18. The quantitative estimate of drug-likeness (QED) is 0.893. The molecule has 2 heterocycles. The van der Waals surface area contributed by atoms with E-state index in [0.717, 1.165) is 49.8 Å². The zero-order valence-electron chi connectivity index (χ0n) is 16.2. The SMILES string of the molecule is Cc1nn(C)c(C)c1NC(=O)C(C)N1CCN(Cc2ccccc2)CC1. The van der Waals surface area contributed by atoms with Gasteiger partial charge in [-0.2, -0.15) is 5.10 Å². The van der Waals surface area contributed by atoms with Gasteiger partial charge in [0.2, 0.25) is 5.91 Å². The molecule has 1 amide bonds. The van der Waals surface area contributed by atoms with E-state index in [2.05, 4.69) is 44.5 Å². The minimum absolute atomic E-state index is 0.0423. The van der Waals surface area contributed by atoms with Crippen molar-refractivity contribution in [2.45, 2.75) is 33.4 Å². The van der Waals surface area contributed by atoms with E-state index in [1.165, 1.54) is 5.56 Å². The van der Waals surface area contributed by atoms with Crippen LogP contribution < -0.4 is 5.32 Å². The molecule has 3 rings (SSSR count). The zero-order chi connectivity index (χ0) is 18.7. The number of anilines is 1. The van der Waals surface area contributed by atoms with Crippen molar-refractivity contribution in [1.29, 1.82) is 0 Å². The molecule has 140 valence electrons. The van der Waals surface area contributed by atoms with E-state index in [-0.39, 0.29) is 11.9 Å². The van der Waals surface area contributed by atoms with Gasteiger partial charge in [-0.1, -0.05) is 30.3 Å². The predicted molar refractivity (Wildman–Crippen MR) is 104 cm³/mol. The van der Waals surface area contributed by atoms with Gasteiger partial charge < -0.3 is 5.32 Å². The zero-order valence-corrected chi connectivity index (χ0v) is 16.2. The summed E-state index contributed by atoms with van der Waals surface area (Å²) in [5.41, 5.74) is 4.02. The Morgan fingerprint density at radius 1 is 1.15 bits per heavy atom. The van der Waals surface area contributed by atoms with Crippen LogP contribution >= 0.6 is 0 Å². The van der Waals surface area contributed by atoms with Gasteiger partial charge in [0.15, 0.2) is 0 Å². The number of nitrogens with one attached hydrogen (secondary N) is 1. The Balaban J connectivity index is 1.53. The second kappa shape index (κ2) is 8.01. The van der Waals surface area contributed by atoms with Crippen molar-refractivity contribution in [2.75, 3.05) is 31.5 Å². The van der Waals surface area contributed by atoms with Crippen LogP contribution in [0.4, 0.5) is 5.69 Å². The number of carbonyl (C=O) groups is 1. The lowest BCUT2D eigenvalue weighted by Crippen LogP contribution is -2.52. The van der Waals surface area contributed by atoms with E-state index < -0.39 is 0 Å². The number of rotatable bonds is 5. The summed E-state index contributed by atoms with van der Waals surface area (Å²) in [6.07, 6.45) is 0. The maximum absolute atomic E-state index is 12.7. The standard InChI is InChI=1S/C20H29N5O/c1-15-19(16(2)23(4)22-15)21-20(26)17(3)25-12-10-24(11-13-25)14-18-8-6-5-7-9-18/h5-9,17H,10-14H2,1-4H3,(H,21,26). The summed E-state index contributed by atoms with van der Waals surface area (Å²) in [5.74, 6) is 0.0423. The molecule has 0 spiro atoms. The van der Waals surface area contributed by atoms with Gasteiger partial charge in [-0.25, -0.2) is 0 Å². The first kappa shape index (κ1) is 18.6. The smallest absolute Gasteiger partial charge is 0.241 e. The molecule has 1 fully saturated rings. The van der Waals surface area contributed by atoms with Crippen LogP contribution in [-0.4, -0.2) is 57.7 Å². The summed E-state index contributed by atoms with van der Waals surface area (Å²) in [7, 11) is 1.90. The molecule has 1 unspecified atom stereocenters. The van der Waals surface area contributed by atoms with Crippen LogP contribution in [0.1, 0.15) is 23.9 Å². The highest BCUT2D eigenvalue weighted by atomic mass is 16.2. The van der Waals surface area contributed by atoms with E-state index in [9.17, 15) is 4.79 Å². The van der Waals surface area contributed by atoms with Crippen molar-refractivity contribution in [2.24, 2.45) is 7.05 Å². The lowest BCUT2D eigenvalue weighted by Gasteiger charge is -2.37. The molecule has 0 bridgehead atoms. The molecule has 26 heavy (non-hydrogen) atoms. The number of aromatic nitrogens is 2. The summed E-state index contributed by atoms with van der Waals surface area (Å²) in [4.78, 5) is 17.4. The van der Waals surface area contributed by atoms with Crippen molar-refractivity contribution in [3.8, 4) is 0 Å². The largest absolute Gasteiger partial charge is 0.322 e. The van der Waals surface area contributed by atoms with Crippen molar-refractivity contribution in [1.82, 2.24) is 19.6 Å². The normalized spacial score (nSPS) is 17.2. The molecule has 1 aromatic heterocycles. The van der Waals surface area contributed by atoms with Crippen LogP contribution in [0.2, 0.25) is 0 Å². The van der Waals surface area contributed by atoms with Crippen molar-refractivity contribution < 1.29 is 4.79 Å². The predicted octanol–water partition coefficient (Wildman–Crippen LogP) is 2.18. The van der Waals surface area contributed by atoms with Crippen molar-refractivity contribution >= 4 is 11.6 Å². The minimum atomic E-state index is -0.145. The Bertz CT molecular complexity index is 747. The second-order valence-electron chi connectivity index (χ2n) is 7.13. The van der Waals surface area contributed by atoms with Gasteiger partial charge in [-0.15, -0.1) is 0 Å². The van der Waals surface area contributed by atoms with Crippen molar-refractivity contribution in [3.05, 3.63) is 47.3 Å². The van der Waals surface area contributed by atoms with Crippen molar-refractivity contribution in [3.63, 3.8) is 0 Å². The molecule has 0 saturated carbocycles. The Morgan fingerprint density at radius 2 is 1.81 bits per heavy atom. The van der Waals surface area contributed by atoms with E-state index in [4.69, 9.17) is 0 Å². The van der Waals surface area contributed by atoms with Gasteiger partial charge in [0.25, 0.3) is 0 Å². The minimum Gasteiger partial charge on any atom is -0.322 e. The molecule has 1 N–H and O–H groups in total. The van der Waals surface area contributed by atoms with Crippen LogP contribution in [0.15, 0.2) is 30.3 Å². The molecular formula is C20H29N5O. The van der Waals surface area contributed by atoms with Gasteiger partial charge in [0.05, 0.1) is 23.1 Å². The van der Waals surface area contributed by atoms with E-state index in [0.29, 0.717) is 0 Å². The molecular weight excluding hydrogens is 326 g/mol. The Kier molecular flexibility index (Phi) is 5.74. The Labute approximate surface area is 155 Å². The molecule has 6 nitrogen and oxygen atoms in total. The van der Waals surface area contributed by atoms with Gasteiger partial charge in [0, 0.05) is 39.8 Å². The van der Waals surface area contributed by atoms with Crippen LogP contribution in [0, 0.1) is 13.8 Å². The number of aryl methyl sites for hydroxylation is 2. The number of hydrogen-bond acceptors (Lipinski definition) is 4. The average Bonchev–Trinajstić information content (AvgIpc) is 2.88. The molecule has 6 heteroatoms. The topological polar surface area (TPSA) is 53.4 Å². The molecule has 2 aromatic rings.